The quantitative estimate of drug-likeness (QED) is 0.472. The van der Waals surface area contributed by atoms with Crippen molar-refractivity contribution in [2.75, 3.05) is 6.61 Å². The summed E-state index contributed by atoms with van der Waals surface area (Å²) in [5.41, 5.74) is -4.19. The van der Waals surface area contributed by atoms with Gasteiger partial charge in [-0.25, -0.2) is 4.79 Å². The van der Waals surface area contributed by atoms with Gasteiger partial charge in [0.15, 0.2) is 0 Å². The van der Waals surface area contributed by atoms with Crippen LogP contribution in [-0.2, 0) is 21.9 Å². The molecule has 1 aromatic rings. The molecular formula is C13H10F6O2. The van der Waals surface area contributed by atoms with E-state index in [0.717, 1.165) is 0 Å². The van der Waals surface area contributed by atoms with Crippen LogP contribution in [0.3, 0.4) is 0 Å². The maximum atomic E-state index is 12.6. The minimum Gasteiger partial charge on any atom is -0.462 e. The first-order valence-electron chi connectivity index (χ1n) is 5.62. The van der Waals surface area contributed by atoms with Gasteiger partial charge in [0, 0.05) is 0 Å². The second-order valence-electron chi connectivity index (χ2n) is 3.99. The zero-order valence-electron chi connectivity index (χ0n) is 10.7. The standard InChI is InChI=1S/C13H10F6O2/c1-3-21-11(20)7(2)8-4-9(12(14,15)16)6-10(5-8)13(17,18)19/h4-6H,2-3H2,1H3. The second kappa shape index (κ2) is 5.79. The summed E-state index contributed by atoms with van der Waals surface area (Å²) in [5, 5.41) is 0. The normalized spacial score (nSPS) is 12.1. The van der Waals surface area contributed by atoms with Crippen LogP contribution in [0.15, 0.2) is 24.8 Å². The first kappa shape index (κ1) is 17.1. The Hall–Kier alpha value is -1.99. The van der Waals surface area contributed by atoms with Gasteiger partial charge in [-0.05, 0) is 30.7 Å². The number of alkyl halides is 6. The largest absolute Gasteiger partial charge is 0.462 e. The van der Waals surface area contributed by atoms with Crippen molar-refractivity contribution in [2.45, 2.75) is 19.3 Å². The molecule has 0 atom stereocenters. The van der Waals surface area contributed by atoms with E-state index in [4.69, 9.17) is 0 Å². The number of rotatable bonds is 3. The van der Waals surface area contributed by atoms with Crippen molar-refractivity contribution in [2.24, 2.45) is 0 Å². The highest BCUT2D eigenvalue weighted by Gasteiger charge is 2.37. The fourth-order valence-electron chi connectivity index (χ4n) is 1.47. The molecule has 0 unspecified atom stereocenters. The predicted octanol–water partition coefficient (Wildman–Crippen LogP) is 4.30. The Morgan fingerprint density at radius 1 is 1.05 bits per heavy atom. The van der Waals surface area contributed by atoms with Crippen molar-refractivity contribution in [3.8, 4) is 0 Å². The average molecular weight is 312 g/mol. The predicted molar refractivity (Wildman–Crippen MR) is 62.1 cm³/mol. The van der Waals surface area contributed by atoms with Crippen LogP contribution in [0.1, 0.15) is 23.6 Å². The minimum absolute atomic E-state index is 0.0259. The monoisotopic (exact) mass is 312 g/mol. The van der Waals surface area contributed by atoms with Gasteiger partial charge in [-0.1, -0.05) is 6.58 Å². The van der Waals surface area contributed by atoms with E-state index >= 15 is 0 Å². The lowest BCUT2D eigenvalue weighted by Gasteiger charge is -2.14. The highest BCUT2D eigenvalue weighted by molar-refractivity contribution is 6.15. The molecule has 0 aliphatic heterocycles. The molecule has 1 rings (SSSR count). The van der Waals surface area contributed by atoms with Gasteiger partial charge in [-0.15, -0.1) is 0 Å². The van der Waals surface area contributed by atoms with Gasteiger partial charge in [-0.3, -0.25) is 0 Å². The molecule has 0 saturated heterocycles. The van der Waals surface area contributed by atoms with E-state index in [-0.39, 0.29) is 12.7 Å². The van der Waals surface area contributed by atoms with Crippen molar-refractivity contribution in [1.29, 1.82) is 0 Å². The molecule has 0 heterocycles. The Morgan fingerprint density at radius 2 is 1.48 bits per heavy atom. The van der Waals surface area contributed by atoms with Crippen molar-refractivity contribution in [3.63, 3.8) is 0 Å². The second-order valence-corrected chi connectivity index (χ2v) is 3.99. The Morgan fingerprint density at radius 3 is 1.81 bits per heavy atom. The molecular weight excluding hydrogens is 302 g/mol. The lowest BCUT2D eigenvalue weighted by Crippen LogP contribution is -2.13. The number of carbonyl (C=O) groups excluding carboxylic acids is 1. The SMILES string of the molecule is C=C(C(=O)OCC)c1cc(C(F)(F)F)cc(C(F)(F)F)c1. The highest BCUT2D eigenvalue weighted by atomic mass is 19.4. The van der Waals surface area contributed by atoms with Gasteiger partial charge in [-0.2, -0.15) is 26.3 Å². The maximum absolute atomic E-state index is 12.6. The number of esters is 1. The fourth-order valence-corrected chi connectivity index (χ4v) is 1.47. The van der Waals surface area contributed by atoms with E-state index in [0.29, 0.717) is 12.1 Å². The van der Waals surface area contributed by atoms with E-state index in [9.17, 15) is 31.1 Å². The Balaban J connectivity index is 3.39. The molecule has 0 radical (unpaired) electrons. The zero-order valence-corrected chi connectivity index (χ0v) is 10.7. The van der Waals surface area contributed by atoms with Crippen LogP contribution < -0.4 is 0 Å². The Kier molecular flexibility index (Phi) is 4.70. The summed E-state index contributed by atoms with van der Waals surface area (Å²) in [6, 6.07) is 0.824. The molecule has 0 aromatic heterocycles. The highest BCUT2D eigenvalue weighted by Crippen LogP contribution is 2.37. The van der Waals surface area contributed by atoms with Crippen LogP contribution in [0.5, 0.6) is 0 Å². The molecule has 2 nitrogen and oxygen atoms in total. The smallest absolute Gasteiger partial charge is 0.416 e. The minimum atomic E-state index is -4.98. The van der Waals surface area contributed by atoms with Gasteiger partial charge in [0.05, 0.1) is 23.3 Å². The number of hydrogen-bond acceptors (Lipinski definition) is 2. The molecule has 0 N–H and O–H groups in total. The van der Waals surface area contributed by atoms with Crippen LogP contribution in [0.4, 0.5) is 26.3 Å². The zero-order chi connectivity index (χ0) is 16.4. The molecule has 1 aromatic carbocycles. The number of halogens is 6. The van der Waals surface area contributed by atoms with Gasteiger partial charge in [0.25, 0.3) is 0 Å². The van der Waals surface area contributed by atoms with Crippen LogP contribution in [0.25, 0.3) is 5.57 Å². The first-order chi connectivity index (χ1) is 9.46. The number of hydrogen-bond donors (Lipinski definition) is 0. The van der Waals surface area contributed by atoms with Crippen LogP contribution >= 0.6 is 0 Å². The van der Waals surface area contributed by atoms with Crippen molar-refractivity contribution in [3.05, 3.63) is 41.5 Å². The van der Waals surface area contributed by atoms with E-state index in [1.54, 1.807) is 0 Å². The van der Waals surface area contributed by atoms with Crippen LogP contribution in [-0.4, -0.2) is 12.6 Å². The summed E-state index contributed by atoms with van der Waals surface area (Å²) in [4.78, 5) is 11.4. The molecule has 0 spiro atoms. The molecule has 0 fully saturated rings. The molecule has 0 saturated carbocycles. The molecule has 116 valence electrons. The summed E-state index contributed by atoms with van der Waals surface area (Å²) in [6.45, 7) is 4.54. The third-order valence-electron chi connectivity index (χ3n) is 2.46. The first-order valence-corrected chi connectivity index (χ1v) is 5.62. The third kappa shape index (κ3) is 4.24. The Bertz CT molecular complexity index is 525. The summed E-state index contributed by atoms with van der Waals surface area (Å²) in [5.74, 6) is -1.08. The van der Waals surface area contributed by atoms with Gasteiger partial charge < -0.3 is 4.74 Å². The topological polar surface area (TPSA) is 26.3 Å². The molecule has 0 aliphatic carbocycles. The number of ether oxygens (including phenoxy) is 1. The fraction of sp³-hybridized carbons (Fsp3) is 0.308. The van der Waals surface area contributed by atoms with Crippen molar-refractivity contribution < 1.29 is 35.9 Å². The van der Waals surface area contributed by atoms with Gasteiger partial charge in [0.1, 0.15) is 0 Å². The van der Waals surface area contributed by atoms with Crippen molar-refractivity contribution >= 4 is 11.5 Å². The summed E-state index contributed by atoms with van der Waals surface area (Å²) in [7, 11) is 0. The summed E-state index contributed by atoms with van der Waals surface area (Å²) >= 11 is 0. The molecule has 0 amide bonds. The van der Waals surface area contributed by atoms with E-state index < -0.39 is 40.6 Å². The van der Waals surface area contributed by atoms with Crippen LogP contribution in [0.2, 0.25) is 0 Å². The molecule has 0 aliphatic rings. The number of benzene rings is 1. The number of carbonyl (C=O) groups is 1. The third-order valence-corrected chi connectivity index (χ3v) is 2.46. The van der Waals surface area contributed by atoms with Crippen LogP contribution in [0, 0.1) is 0 Å². The van der Waals surface area contributed by atoms with E-state index in [2.05, 4.69) is 11.3 Å². The lowest BCUT2D eigenvalue weighted by molar-refractivity contribution is -0.143. The van der Waals surface area contributed by atoms with Crippen molar-refractivity contribution in [1.82, 2.24) is 0 Å². The maximum Gasteiger partial charge on any atom is 0.416 e. The molecule has 0 bridgehead atoms. The Labute approximate surface area is 116 Å². The average Bonchev–Trinajstić information content (AvgIpc) is 2.35. The van der Waals surface area contributed by atoms with E-state index in [1.165, 1.54) is 6.92 Å². The van der Waals surface area contributed by atoms with Gasteiger partial charge in [0.2, 0.25) is 0 Å². The molecule has 21 heavy (non-hydrogen) atoms. The summed E-state index contributed by atoms with van der Waals surface area (Å²) < 4.78 is 80.3. The summed E-state index contributed by atoms with van der Waals surface area (Å²) in [6.07, 6.45) is -9.96. The lowest BCUT2D eigenvalue weighted by atomic mass is 10.00. The van der Waals surface area contributed by atoms with E-state index in [1.807, 2.05) is 0 Å². The van der Waals surface area contributed by atoms with Gasteiger partial charge >= 0.3 is 18.3 Å². The molecule has 8 heteroatoms.